The van der Waals surface area contributed by atoms with Gasteiger partial charge in [-0.25, -0.2) is 0 Å². The molecule has 29 heavy (non-hydrogen) atoms. The van der Waals surface area contributed by atoms with Gasteiger partial charge in [0.25, 0.3) is 0 Å². The molecule has 0 aliphatic carbocycles. The van der Waals surface area contributed by atoms with E-state index in [9.17, 15) is 20.4 Å². The van der Waals surface area contributed by atoms with Gasteiger partial charge >= 0.3 is 0 Å². The summed E-state index contributed by atoms with van der Waals surface area (Å²) >= 11 is 0. The molecule has 0 bridgehead atoms. The van der Waals surface area contributed by atoms with E-state index in [0.717, 1.165) is 0 Å². The molecule has 6 atom stereocenters. The highest BCUT2D eigenvalue weighted by Crippen LogP contribution is 2.35. The molecule has 2 fully saturated rings. The molecule has 9 heteroatoms. The Morgan fingerprint density at radius 2 is 1.17 bits per heavy atom. The van der Waals surface area contributed by atoms with Crippen molar-refractivity contribution in [3.05, 3.63) is 0 Å². The first-order valence-electron chi connectivity index (χ1n) is 10.4. The Balaban J connectivity index is 2.11. The lowest BCUT2D eigenvalue weighted by molar-refractivity contribution is -0.201. The lowest BCUT2D eigenvalue weighted by atomic mass is 9.78. The predicted molar refractivity (Wildman–Crippen MR) is 104 cm³/mol. The highest BCUT2D eigenvalue weighted by Gasteiger charge is 2.44. The number of aliphatic hydroxyl groups is 4. The van der Waals surface area contributed by atoms with Gasteiger partial charge in [-0.1, -0.05) is 0 Å². The first kappa shape index (κ1) is 24.9. The van der Waals surface area contributed by atoms with Crippen molar-refractivity contribution >= 4 is 0 Å². The van der Waals surface area contributed by atoms with Crippen LogP contribution in [0.1, 0.15) is 26.7 Å². The molecule has 0 saturated carbocycles. The molecule has 0 amide bonds. The molecule has 0 aromatic rings. The van der Waals surface area contributed by atoms with Gasteiger partial charge in [-0.3, -0.25) is 0 Å². The minimum Gasteiger partial charge on any atom is -0.396 e. The Kier molecular flexibility index (Phi) is 10.2. The second kappa shape index (κ2) is 11.9. The highest BCUT2D eigenvalue weighted by molar-refractivity contribution is 4.92. The van der Waals surface area contributed by atoms with Gasteiger partial charge in [0.15, 0.2) is 0 Å². The zero-order chi connectivity index (χ0) is 21.3. The summed E-state index contributed by atoms with van der Waals surface area (Å²) in [5.41, 5.74) is -1.66. The first-order chi connectivity index (χ1) is 13.9. The summed E-state index contributed by atoms with van der Waals surface area (Å²) in [4.78, 5) is 0. The quantitative estimate of drug-likeness (QED) is 0.403. The topological polar surface area (TPSA) is 127 Å². The van der Waals surface area contributed by atoms with Gasteiger partial charge in [-0.05, 0) is 26.7 Å². The molecule has 9 nitrogen and oxygen atoms in total. The molecule has 2 rings (SSSR count). The molecule has 0 aromatic heterocycles. The van der Waals surface area contributed by atoms with Crippen LogP contribution in [0.3, 0.4) is 0 Å². The maximum atomic E-state index is 10.2. The lowest BCUT2D eigenvalue weighted by Crippen LogP contribution is -2.53. The monoisotopic (exact) mass is 422 g/mol. The fourth-order valence-corrected chi connectivity index (χ4v) is 4.01. The summed E-state index contributed by atoms with van der Waals surface area (Å²) in [5.74, 6) is 0. The van der Waals surface area contributed by atoms with Crippen molar-refractivity contribution in [2.75, 3.05) is 66.1 Å². The standard InChI is InChI=1S/C20H38O9/c1-15-9-25-5-3-19(11-23,17(7-21)28-15)13-27-14-20(12-24)4-6-26-10-16(2)29-18(20)8-22/h15-18,21-24H,3-14H2,1-2H3. The van der Waals surface area contributed by atoms with Gasteiger partial charge in [0.05, 0.1) is 77.3 Å². The molecule has 172 valence electrons. The molecule has 2 heterocycles. The number of ether oxygens (including phenoxy) is 5. The van der Waals surface area contributed by atoms with Crippen LogP contribution in [0, 0.1) is 10.8 Å². The summed E-state index contributed by atoms with van der Waals surface area (Å²) in [6.07, 6.45) is -0.678. The van der Waals surface area contributed by atoms with E-state index < -0.39 is 23.0 Å². The van der Waals surface area contributed by atoms with Crippen LogP contribution in [0.5, 0.6) is 0 Å². The summed E-state index contributed by atoms with van der Waals surface area (Å²) in [7, 11) is 0. The smallest absolute Gasteiger partial charge is 0.0911 e. The van der Waals surface area contributed by atoms with Crippen molar-refractivity contribution in [2.24, 2.45) is 10.8 Å². The molecule has 6 unspecified atom stereocenters. The van der Waals surface area contributed by atoms with Gasteiger partial charge in [0, 0.05) is 24.0 Å². The van der Waals surface area contributed by atoms with Crippen molar-refractivity contribution in [1.82, 2.24) is 0 Å². The number of rotatable bonds is 8. The maximum Gasteiger partial charge on any atom is 0.0911 e. The Morgan fingerprint density at radius 1 is 0.759 bits per heavy atom. The van der Waals surface area contributed by atoms with Crippen LogP contribution < -0.4 is 0 Å². The van der Waals surface area contributed by atoms with E-state index in [4.69, 9.17) is 23.7 Å². The molecule has 4 N–H and O–H groups in total. The Bertz CT molecular complexity index is 425. The molecule has 2 aliphatic heterocycles. The van der Waals surface area contributed by atoms with E-state index in [1.165, 1.54) is 0 Å². The zero-order valence-corrected chi connectivity index (χ0v) is 17.6. The third-order valence-electron chi connectivity index (χ3n) is 6.09. The third-order valence-corrected chi connectivity index (χ3v) is 6.09. The third kappa shape index (κ3) is 6.32. The average molecular weight is 423 g/mol. The van der Waals surface area contributed by atoms with Gasteiger partial charge in [-0.15, -0.1) is 0 Å². The summed E-state index contributed by atoms with van der Waals surface area (Å²) in [5, 5.41) is 40.1. The summed E-state index contributed by atoms with van der Waals surface area (Å²) in [6, 6.07) is 0. The Hall–Kier alpha value is -0.360. The lowest BCUT2D eigenvalue weighted by Gasteiger charge is -2.44. The number of hydrogen-bond acceptors (Lipinski definition) is 9. The maximum absolute atomic E-state index is 10.2. The molecule has 2 aliphatic rings. The largest absolute Gasteiger partial charge is 0.396 e. The van der Waals surface area contributed by atoms with Crippen molar-refractivity contribution in [3.63, 3.8) is 0 Å². The highest BCUT2D eigenvalue weighted by atomic mass is 16.6. The van der Waals surface area contributed by atoms with E-state index in [2.05, 4.69) is 0 Å². The second-order valence-electron chi connectivity index (χ2n) is 8.42. The normalized spacial score (nSPS) is 39.9. The molecular weight excluding hydrogens is 384 g/mol. The predicted octanol–water partition coefficient (Wildman–Crippen LogP) is -0.667. The first-order valence-corrected chi connectivity index (χ1v) is 10.4. The van der Waals surface area contributed by atoms with Gasteiger partial charge in [0.2, 0.25) is 0 Å². The van der Waals surface area contributed by atoms with Crippen LogP contribution in [-0.4, -0.2) is 111 Å². The van der Waals surface area contributed by atoms with Crippen LogP contribution in [-0.2, 0) is 23.7 Å². The van der Waals surface area contributed by atoms with Gasteiger partial charge in [-0.2, -0.15) is 0 Å². The van der Waals surface area contributed by atoms with E-state index in [1.54, 1.807) is 0 Å². The molecular formula is C20H38O9. The van der Waals surface area contributed by atoms with Crippen LogP contribution in [0.2, 0.25) is 0 Å². The SMILES string of the molecule is CC1COCCC(CO)(COCC2(CO)CCOCC(C)OC2CO)C(CO)O1. The number of aliphatic hydroxyl groups excluding tert-OH is 4. The molecule has 0 aromatic carbocycles. The second-order valence-corrected chi connectivity index (χ2v) is 8.42. The van der Waals surface area contributed by atoms with E-state index >= 15 is 0 Å². The fourth-order valence-electron chi connectivity index (χ4n) is 4.01. The van der Waals surface area contributed by atoms with Crippen LogP contribution >= 0.6 is 0 Å². The fraction of sp³-hybridized carbons (Fsp3) is 1.00. The molecule has 0 radical (unpaired) electrons. The van der Waals surface area contributed by atoms with Crippen molar-refractivity contribution in [1.29, 1.82) is 0 Å². The Labute approximate surface area is 172 Å². The van der Waals surface area contributed by atoms with Crippen LogP contribution in [0.25, 0.3) is 0 Å². The minimum absolute atomic E-state index is 0.112. The molecule has 0 spiro atoms. The summed E-state index contributed by atoms with van der Waals surface area (Å²) < 4.78 is 28.9. The summed E-state index contributed by atoms with van der Waals surface area (Å²) in [6.45, 7) is 4.69. The van der Waals surface area contributed by atoms with Crippen molar-refractivity contribution in [2.45, 2.75) is 51.1 Å². The average Bonchev–Trinajstić information content (AvgIpc) is 2.71. The van der Waals surface area contributed by atoms with E-state index in [0.29, 0.717) is 39.3 Å². The van der Waals surface area contributed by atoms with Crippen molar-refractivity contribution in [3.8, 4) is 0 Å². The number of hydrogen-bond donors (Lipinski definition) is 4. The van der Waals surface area contributed by atoms with E-state index in [1.807, 2.05) is 13.8 Å². The Morgan fingerprint density at radius 3 is 1.52 bits per heavy atom. The van der Waals surface area contributed by atoms with E-state index in [-0.39, 0.29) is 51.8 Å². The minimum atomic E-state index is -0.832. The van der Waals surface area contributed by atoms with Gasteiger partial charge in [0.1, 0.15) is 0 Å². The van der Waals surface area contributed by atoms with Crippen LogP contribution in [0.4, 0.5) is 0 Å². The van der Waals surface area contributed by atoms with Crippen LogP contribution in [0.15, 0.2) is 0 Å². The van der Waals surface area contributed by atoms with Crippen molar-refractivity contribution < 1.29 is 44.1 Å². The molecule has 2 saturated heterocycles. The van der Waals surface area contributed by atoms with Gasteiger partial charge < -0.3 is 44.1 Å². The zero-order valence-electron chi connectivity index (χ0n) is 17.6.